The van der Waals surface area contributed by atoms with E-state index in [1.807, 2.05) is 0 Å². The number of nitrogens with zero attached hydrogens (tertiary/aromatic N) is 3. The third-order valence-corrected chi connectivity index (χ3v) is 1.17. The molecule has 1 heterocycles. The van der Waals surface area contributed by atoms with E-state index in [9.17, 15) is 4.21 Å². The van der Waals surface area contributed by atoms with Gasteiger partial charge in [-0.3, -0.25) is 0 Å². The van der Waals surface area contributed by atoms with Crippen molar-refractivity contribution >= 4 is 17.2 Å². The van der Waals surface area contributed by atoms with Gasteiger partial charge in [0.25, 0.3) is 0 Å². The zero-order valence-corrected chi connectivity index (χ0v) is 8.40. The van der Waals surface area contributed by atoms with Crippen molar-refractivity contribution in [2.75, 3.05) is 0 Å². The molecule has 0 bridgehead atoms. The van der Waals surface area contributed by atoms with Gasteiger partial charge in [-0.1, -0.05) is 0 Å². The Hall–Kier alpha value is -1.52. The van der Waals surface area contributed by atoms with Gasteiger partial charge in [-0.05, 0) is 6.08 Å². The Bertz CT molecular complexity index is 245. The van der Waals surface area contributed by atoms with Crippen LogP contribution in [0.2, 0.25) is 0 Å². The predicted octanol–water partition coefficient (Wildman–Crippen LogP) is -0.233. The molecule has 0 N–H and O–H groups in total. The first-order chi connectivity index (χ1) is 6.36. The molecule has 0 amide bonds. The molecule has 12 heteroatoms. The molecule has 0 spiro atoms. The average molecular weight is 289 g/mol. The summed E-state index contributed by atoms with van der Waals surface area (Å²) < 4.78 is 13.5. The largest absolute Gasteiger partial charge is 2.00 e. The molecule has 0 fully saturated rings. The minimum absolute atomic E-state index is 0. The molecule has 1 aliphatic heterocycles. The summed E-state index contributed by atoms with van der Waals surface area (Å²) in [6.45, 7) is 0. The molecule has 89 valence electrons. The molecule has 0 aromatic rings. The van der Waals surface area contributed by atoms with Crippen LogP contribution in [0.1, 0.15) is 0 Å². The van der Waals surface area contributed by atoms with E-state index in [2.05, 4.69) is 4.40 Å². The van der Waals surface area contributed by atoms with Crippen LogP contribution in [0.25, 0.3) is 0 Å². The van der Waals surface area contributed by atoms with Gasteiger partial charge in [0, 0.05) is 11.6 Å². The summed E-state index contributed by atoms with van der Waals surface area (Å²) in [4.78, 5) is 16.5. The molecular weight excluding hydrogens is 286 g/mol. The third kappa shape index (κ3) is 45.6. The van der Waals surface area contributed by atoms with Gasteiger partial charge in [0.15, 0.2) is 11.0 Å². The fourth-order valence-electron chi connectivity index (χ4n) is 0.233. The SMILES string of the molecule is O=S1C=CC=N1.O=[N+]([O-])[O-].O=[N+]([O-])[O-].[Cu+2]. The van der Waals surface area contributed by atoms with Gasteiger partial charge in [0.1, 0.15) is 0 Å². The quantitative estimate of drug-likeness (QED) is 0.337. The summed E-state index contributed by atoms with van der Waals surface area (Å²) in [5, 5.41) is 31.0. The maximum atomic E-state index is 10.1. The zero-order chi connectivity index (χ0) is 11.6. The minimum Gasteiger partial charge on any atom is -0.356 e. The molecule has 1 unspecified atom stereocenters. The van der Waals surface area contributed by atoms with Crippen LogP contribution in [0.4, 0.5) is 0 Å². The van der Waals surface area contributed by atoms with E-state index in [4.69, 9.17) is 30.6 Å². The first-order valence-electron chi connectivity index (χ1n) is 2.61. The molecule has 0 aliphatic carbocycles. The average Bonchev–Trinajstić information content (AvgIpc) is 2.36. The van der Waals surface area contributed by atoms with Crippen LogP contribution in [0.15, 0.2) is 15.9 Å². The smallest absolute Gasteiger partial charge is 0.356 e. The Labute approximate surface area is 95.6 Å². The van der Waals surface area contributed by atoms with E-state index in [-0.39, 0.29) is 17.1 Å². The summed E-state index contributed by atoms with van der Waals surface area (Å²) in [7, 11) is -1.03. The molecule has 10 nitrogen and oxygen atoms in total. The van der Waals surface area contributed by atoms with Crippen LogP contribution in [0.5, 0.6) is 0 Å². The van der Waals surface area contributed by atoms with Crippen molar-refractivity contribution < 1.29 is 31.5 Å². The maximum Gasteiger partial charge on any atom is 2.00 e. The predicted molar refractivity (Wildman–Crippen MR) is 46.5 cm³/mol. The number of allylic oxidation sites excluding steroid dienone is 1. The van der Waals surface area contributed by atoms with E-state index in [1.54, 1.807) is 6.08 Å². The fourth-order valence-corrected chi connectivity index (χ4v) is 0.698. The topological polar surface area (TPSA) is 162 Å². The monoisotopic (exact) mass is 288 g/mol. The third-order valence-electron chi connectivity index (χ3n) is 0.446. The van der Waals surface area contributed by atoms with E-state index in [1.165, 1.54) is 11.6 Å². The molecule has 1 radical (unpaired) electrons. The van der Waals surface area contributed by atoms with Crippen LogP contribution >= 0.6 is 0 Å². The molecule has 0 aromatic heterocycles. The zero-order valence-electron chi connectivity index (χ0n) is 6.64. The van der Waals surface area contributed by atoms with Crippen LogP contribution in [0.3, 0.4) is 0 Å². The second kappa shape index (κ2) is 12.5. The molecule has 1 aliphatic rings. The first kappa shape index (κ1) is 19.1. The summed E-state index contributed by atoms with van der Waals surface area (Å²) in [6, 6.07) is 0. The Kier molecular flexibility index (Phi) is 15.9. The van der Waals surface area contributed by atoms with Crippen molar-refractivity contribution in [2.45, 2.75) is 0 Å². The van der Waals surface area contributed by atoms with Crippen molar-refractivity contribution in [1.29, 1.82) is 0 Å². The van der Waals surface area contributed by atoms with E-state index >= 15 is 0 Å². The standard InChI is InChI=1S/C3H3NOS.Cu.2NO3/c5-6-3-1-2-4-6;;2*2-1(3)4/h1-3H;;;/q;+2;2*-1. The first-order valence-corrected chi connectivity index (χ1v) is 3.78. The number of hydrogen-bond donors (Lipinski definition) is 0. The van der Waals surface area contributed by atoms with Gasteiger partial charge in [-0.15, -0.1) is 0 Å². The van der Waals surface area contributed by atoms with Crippen molar-refractivity contribution in [3.63, 3.8) is 0 Å². The summed E-state index contributed by atoms with van der Waals surface area (Å²) in [5.74, 6) is 0. The molecule has 0 aromatic carbocycles. The Morgan fingerprint density at radius 2 is 1.40 bits per heavy atom. The second-order valence-electron chi connectivity index (χ2n) is 1.31. The molecule has 0 saturated carbocycles. The van der Waals surface area contributed by atoms with Gasteiger partial charge in [-0.25, -0.2) is 4.21 Å². The van der Waals surface area contributed by atoms with Gasteiger partial charge in [-0.2, -0.15) is 4.40 Å². The Balaban J connectivity index is -0.000000145. The molecule has 1 atom stereocenters. The minimum atomic E-state index is -1.75. The summed E-state index contributed by atoms with van der Waals surface area (Å²) >= 11 is 0. The molecule has 15 heavy (non-hydrogen) atoms. The van der Waals surface area contributed by atoms with Gasteiger partial charge < -0.3 is 30.6 Å². The van der Waals surface area contributed by atoms with E-state index in [0.29, 0.717) is 0 Å². The molecule has 0 saturated heterocycles. The Morgan fingerprint density at radius 1 is 1.07 bits per heavy atom. The Morgan fingerprint density at radius 3 is 1.47 bits per heavy atom. The number of hydrogen-bond acceptors (Lipinski definition) is 7. The summed E-state index contributed by atoms with van der Waals surface area (Å²) in [5.41, 5.74) is 0. The maximum absolute atomic E-state index is 10.1. The number of rotatable bonds is 0. The normalized spacial score (nSPS) is 14.8. The van der Waals surface area contributed by atoms with E-state index < -0.39 is 21.2 Å². The van der Waals surface area contributed by atoms with Gasteiger partial charge in [0.2, 0.25) is 0 Å². The van der Waals surface area contributed by atoms with Crippen LogP contribution < -0.4 is 0 Å². The summed E-state index contributed by atoms with van der Waals surface area (Å²) in [6.07, 6.45) is 3.19. The van der Waals surface area contributed by atoms with Crippen molar-refractivity contribution in [3.05, 3.63) is 42.1 Å². The van der Waals surface area contributed by atoms with Crippen molar-refractivity contribution in [1.82, 2.24) is 0 Å². The van der Waals surface area contributed by atoms with Gasteiger partial charge in [0.05, 0.1) is 10.2 Å². The van der Waals surface area contributed by atoms with E-state index in [0.717, 1.165) is 0 Å². The van der Waals surface area contributed by atoms with Crippen LogP contribution in [0, 0.1) is 30.6 Å². The van der Waals surface area contributed by atoms with Crippen molar-refractivity contribution in [3.8, 4) is 0 Å². The van der Waals surface area contributed by atoms with Gasteiger partial charge >= 0.3 is 17.1 Å². The van der Waals surface area contributed by atoms with Crippen LogP contribution in [-0.2, 0) is 28.1 Å². The molecular formula is C3H3CuN3O7S. The van der Waals surface area contributed by atoms with Crippen molar-refractivity contribution in [2.24, 2.45) is 4.40 Å². The fraction of sp³-hybridized carbons (Fsp3) is 0. The second-order valence-corrected chi connectivity index (χ2v) is 2.34. The molecule has 1 rings (SSSR count). The van der Waals surface area contributed by atoms with Crippen LogP contribution in [-0.4, -0.2) is 20.6 Å².